The summed E-state index contributed by atoms with van der Waals surface area (Å²) in [6.45, 7) is 2.27. The number of benzene rings is 2. The topological polar surface area (TPSA) is 41.3 Å². The predicted molar refractivity (Wildman–Crippen MR) is 86.6 cm³/mol. The van der Waals surface area contributed by atoms with Crippen LogP contribution in [-0.2, 0) is 0 Å². The zero-order valence-electron chi connectivity index (χ0n) is 12.0. The largest absolute Gasteiger partial charge is 0.397 e. The molecule has 0 amide bonds. The van der Waals surface area contributed by atoms with Crippen molar-refractivity contribution in [1.82, 2.24) is 0 Å². The highest BCUT2D eigenvalue weighted by atomic mass is 19.1. The van der Waals surface area contributed by atoms with E-state index >= 15 is 0 Å². The molecule has 4 heteroatoms. The number of nitrogen functional groups attached to an aromatic ring is 1. The van der Waals surface area contributed by atoms with Crippen LogP contribution >= 0.6 is 0 Å². The Morgan fingerprint density at radius 3 is 2.33 bits per heavy atom. The Morgan fingerprint density at radius 1 is 0.952 bits per heavy atom. The maximum atomic E-state index is 13.0. The number of nitrogens with one attached hydrogen (secondary N) is 1. The zero-order valence-corrected chi connectivity index (χ0v) is 12.0. The van der Waals surface area contributed by atoms with Crippen LogP contribution in [0.5, 0.6) is 0 Å². The Labute approximate surface area is 124 Å². The average molecular weight is 285 g/mol. The molecule has 0 aliphatic carbocycles. The molecule has 0 aromatic heterocycles. The molecule has 1 heterocycles. The minimum Gasteiger partial charge on any atom is -0.397 e. The van der Waals surface area contributed by atoms with Gasteiger partial charge in [0.15, 0.2) is 0 Å². The lowest BCUT2D eigenvalue weighted by molar-refractivity contribution is 0.578. The monoisotopic (exact) mass is 285 g/mol. The molecule has 3 nitrogen and oxygen atoms in total. The van der Waals surface area contributed by atoms with Gasteiger partial charge >= 0.3 is 0 Å². The molecule has 3 rings (SSSR count). The van der Waals surface area contributed by atoms with E-state index in [1.54, 1.807) is 6.07 Å². The first-order valence-electron chi connectivity index (χ1n) is 7.39. The Bertz CT molecular complexity index is 604. The van der Waals surface area contributed by atoms with Gasteiger partial charge in [0.25, 0.3) is 0 Å². The van der Waals surface area contributed by atoms with Crippen molar-refractivity contribution in [2.45, 2.75) is 19.3 Å². The second-order valence-corrected chi connectivity index (χ2v) is 5.45. The minimum absolute atomic E-state index is 0.321. The number of nitrogens with two attached hydrogens (primary N) is 1. The van der Waals surface area contributed by atoms with Gasteiger partial charge in [-0.05, 0) is 61.7 Å². The molecule has 0 spiro atoms. The minimum atomic E-state index is -0.321. The molecule has 1 saturated heterocycles. The molecular weight excluding hydrogens is 265 g/mol. The number of nitrogens with zero attached hydrogens (tertiary/aromatic N) is 1. The van der Waals surface area contributed by atoms with Crippen LogP contribution in [0.15, 0.2) is 42.5 Å². The third-order valence-electron chi connectivity index (χ3n) is 3.88. The molecule has 110 valence electrons. The van der Waals surface area contributed by atoms with Crippen LogP contribution in [0.2, 0.25) is 0 Å². The van der Waals surface area contributed by atoms with E-state index in [-0.39, 0.29) is 5.82 Å². The number of anilines is 4. The summed E-state index contributed by atoms with van der Waals surface area (Å²) in [6.07, 6.45) is 3.87. The van der Waals surface area contributed by atoms with Crippen molar-refractivity contribution in [1.29, 1.82) is 0 Å². The number of halogens is 1. The summed E-state index contributed by atoms with van der Waals surface area (Å²) in [5, 5.41) is 3.22. The van der Waals surface area contributed by atoms with Gasteiger partial charge in [-0.1, -0.05) is 0 Å². The van der Waals surface area contributed by atoms with Gasteiger partial charge in [-0.15, -0.1) is 0 Å². The number of hydrogen-bond donors (Lipinski definition) is 2. The molecule has 2 aromatic rings. The number of rotatable bonds is 3. The van der Waals surface area contributed by atoms with Crippen molar-refractivity contribution < 1.29 is 4.39 Å². The van der Waals surface area contributed by atoms with Crippen molar-refractivity contribution in [3.8, 4) is 0 Å². The van der Waals surface area contributed by atoms with Crippen molar-refractivity contribution in [2.24, 2.45) is 0 Å². The Hall–Kier alpha value is -2.23. The van der Waals surface area contributed by atoms with Crippen LogP contribution in [0.1, 0.15) is 19.3 Å². The van der Waals surface area contributed by atoms with E-state index in [1.165, 1.54) is 37.1 Å². The van der Waals surface area contributed by atoms with Crippen molar-refractivity contribution in [3.63, 3.8) is 0 Å². The second-order valence-electron chi connectivity index (χ2n) is 5.45. The van der Waals surface area contributed by atoms with E-state index in [9.17, 15) is 4.39 Å². The summed E-state index contributed by atoms with van der Waals surface area (Å²) in [6, 6.07) is 12.7. The highest BCUT2D eigenvalue weighted by molar-refractivity contribution is 5.73. The molecule has 0 radical (unpaired) electrons. The highest BCUT2D eigenvalue weighted by Crippen LogP contribution is 2.26. The molecule has 0 bridgehead atoms. The predicted octanol–water partition coefficient (Wildman–Crippen LogP) is 4.14. The molecule has 1 fully saturated rings. The normalized spacial score (nSPS) is 15.0. The van der Waals surface area contributed by atoms with E-state index in [4.69, 9.17) is 5.73 Å². The third-order valence-corrected chi connectivity index (χ3v) is 3.88. The lowest BCUT2D eigenvalue weighted by atomic mass is 10.1. The molecular formula is C17H20FN3. The standard InChI is InChI=1S/C17H20FN3/c18-13-4-9-17(16(19)12-13)20-14-5-7-15(8-6-14)21-10-2-1-3-11-21/h4-9,12,20H,1-3,10-11,19H2. The molecule has 1 aliphatic rings. The second kappa shape index (κ2) is 6.04. The summed E-state index contributed by atoms with van der Waals surface area (Å²) < 4.78 is 13.0. The van der Waals surface area contributed by atoms with Crippen LogP contribution in [0.25, 0.3) is 0 Å². The molecule has 2 aromatic carbocycles. The lowest BCUT2D eigenvalue weighted by Gasteiger charge is -2.28. The SMILES string of the molecule is Nc1cc(F)ccc1Nc1ccc(N2CCCCC2)cc1. The fraction of sp³-hybridized carbons (Fsp3) is 0.294. The summed E-state index contributed by atoms with van der Waals surface area (Å²) >= 11 is 0. The van der Waals surface area contributed by atoms with Crippen LogP contribution in [0.3, 0.4) is 0 Å². The first-order chi connectivity index (χ1) is 10.2. The summed E-state index contributed by atoms with van der Waals surface area (Å²) in [7, 11) is 0. The molecule has 21 heavy (non-hydrogen) atoms. The zero-order chi connectivity index (χ0) is 14.7. The quantitative estimate of drug-likeness (QED) is 0.833. The van der Waals surface area contributed by atoms with Gasteiger partial charge in [0.2, 0.25) is 0 Å². The van der Waals surface area contributed by atoms with Gasteiger partial charge in [0.05, 0.1) is 11.4 Å². The summed E-state index contributed by atoms with van der Waals surface area (Å²) in [5.41, 5.74) is 9.15. The van der Waals surface area contributed by atoms with Crippen molar-refractivity contribution in [3.05, 3.63) is 48.3 Å². The van der Waals surface area contributed by atoms with Gasteiger partial charge in [0, 0.05) is 24.5 Å². The molecule has 3 N–H and O–H groups in total. The van der Waals surface area contributed by atoms with Gasteiger partial charge < -0.3 is 16.0 Å². The van der Waals surface area contributed by atoms with Gasteiger partial charge in [0.1, 0.15) is 5.82 Å². The van der Waals surface area contributed by atoms with Crippen LogP contribution in [-0.4, -0.2) is 13.1 Å². The maximum Gasteiger partial charge on any atom is 0.125 e. The Balaban J connectivity index is 1.71. The molecule has 0 unspecified atom stereocenters. The smallest absolute Gasteiger partial charge is 0.125 e. The first-order valence-corrected chi connectivity index (χ1v) is 7.39. The Kier molecular flexibility index (Phi) is 3.95. The maximum absolute atomic E-state index is 13.0. The van der Waals surface area contributed by atoms with E-state index in [0.29, 0.717) is 5.69 Å². The number of piperidine rings is 1. The first kappa shape index (κ1) is 13.7. The molecule has 0 atom stereocenters. The van der Waals surface area contributed by atoms with E-state index in [0.717, 1.165) is 24.5 Å². The summed E-state index contributed by atoms with van der Waals surface area (Å²) in [4.78, 5) is 2.42. The van der Waals surface area contributed by atoms with Crippen molar-refractivity contribution in [2.75, 3.05) is 29.0 Å². The van der Waals surface area contributed by atoms with Crippen LogP contribution in [0.4, 0.5) is 27.1 Å². The van der Waals surface area contributed by atoms with E-state index in [1.807, 2.05) is 12.1 Å². The van der Waals surface area contributed by atoms with Gasteiger partial charge in [-0.3, -0.25) is 0 Å². The number of hydrogen-bond acceptors (Lipinski definition) is 3. The van der Waals surface area contributed by atoms with Gasteiger partial charge in [-0.2, -0.15) is 0 Å². The van der Waals surface area contributed by atoms with Crippen LogP contribution in [0, 0.1) is 5.82 Å². The average Bonchev–Trinajstić information content (AvgIpc) is 2.52. The third kappa shape index (κ3) is 3.27. The fourth-order valence-electron chi connectivity index (χ4n) is 2.71. The molecule has 1 aliphatic heterocycles. The van der Waals surface area contributed by atoms with E-state index in [2.05, 4.69) is 22.3 Å². The Morgan fingerprint density at radius 2 is 1.67 bits per heavy atom. The fourth-order valence-corrected chi connectivity index (χ4v) is 2.71. The van der Waals surface area contributed by atoms with Crippen LogP contribution < -0.4 is 16.0 Å². The van der Waals surface area contributed by atoms with Crippen molar-refractivity contribution >= 4 is 22.7 Å². The molecule has 0 saturated carbocycles. The highest BCUT2D eigenvalue weighted by Gasteiger charge is 2.10. The van der Waals surface area contributed by atoms with Gasteiger partial charge in [-0.25, -0.2) is 4.39 Å². The lowest BCUT2D eigenvalue weighted by Crippen LogP contribution is -2.29. The van der Waals surface area contributed by atoms with E-state index < -0.39 is 0 Å². The summed E-state index contributed by atoms with van der Waals surface area (Å²) in [5.74, 6) is -0.321.